The zero-order valence-corrected chi connectivity index (χ0v) is 15.0. The molecule has 2 aliphatic rings. The third kappa shape index (κ3) is 3.95. The summed E-state index contributed by atoms with van der Waals surface area (Å²) in [7, 11) is 0. The molecular formula is C19H27N3O3. The van der Waals surface area contributed by atoms with Gasteiger partial charge in [0.05, 0.1) is 5.92 Å². The van der Waals surface area contributed by atoms with Crippen LogP contribution in [0.4, 0.5) is 5.69 Å². The molecule has 0 bridgehead atoms. The third-order valence-corrected chi connectivity index (χ3v) is 5.40. The molecule has 0 saturated carbocycles. The molecule has 0 spiro atoms. The van der Waals surface area contributed by atoms with Gasteiger partial charge in [-0.1, -0.05) is 13.0 Å². The van der Waals surface area contributed by atoms with Crippen molar-refractivity contribution in [3.8, 4) is 5.75 Å². The number of carbonyl (C=O) groups is 2. The largest absolute Gasteiger partial charge is 0.508 e. The minimum absolute atomic E-state index is 0.0647. The van der Waals surface area contributed by atoms with E-state index in [0.29, 0.717) is 18.3 Å². The number of rotatable bonds is 5. The van der Waals surface area contributed by atoms with Gasteiger partial charge in [0.2, 0.25) is 11.8 Å². The Morgan fingerprint density at radius 1 is 1.40 bits per heavy atom. The number of likely N-dealkylation sites (tertiary alicyclic amines) is 2. The Hall–Kier alpha value is -2.08. The number of phenolic OH excluding ortho intramolecular Hbond substituents is 1. The number of phenols is 1. The van der Waals surface area contributed by atoms with Crippen LogP contribution in [0.1, 0.15) is 31.7 Å². The number of carbonyl (C=O) groups excluding carboxylic acids is 2. The first kappa shape index (κ1) is 17.7. The van der Waals surface area contributed by atoms with Crippen LogP contribution in [0.3, 0.4) is 0 Å². The van der Waals surface area contributed by atoms with Crippen LogP contribution < -0.4 is 5.32 Å². The Morgan fingerprint density at radius 3 is 2.92 bits per heavy atom. The van der Waals surface area contributed by atoms with E-state index in [1.807, 2.05) is 4.90 Å². The second-order valence-electron chi connectivity index (χ2n) is 7.11. The van der Waals surface area contributed by atoms with Gasteiger partial charge in [0.1, 0.15) is 5.75 Å². The van der Waals surface area contributed by atoms with Crippen molar-refractivity contribution < 1.29 is 14.7 Å². The molecule has 6 heteroatoms. The van der Waals surface area contributed by atoms with E-state index in [4.69, 9.17) is 0 Å². The lowest BCUT2D eigenvalue weighted by atomic mass is 10.1. The van der Waals surface area contributed by atoms with Gasteiger partial charge in [-0.3, -0.25) is 14.5 Å². The number of hydrogen-bond donors (Lipinski definition) is 2. The second-order valence-corrected chi connectivity index (χ2v) is 7.11. The molecule has 136 valence electrons. The van der Waals surface area contributed by atoms with Crippen molar-refractivity contribution in [1.82, 2.24) is 9.80 Å². The van der Waals surface area contributed by atoms with Crippen molar-refractivity contribution >= 4 is 17.5 Å². The highest BCUT2D eigenvalue weighted by atomic mass is 16.3. The van der Waals surface area contributed by atoms with Crippen molar-refractivity contribution in [2.45, 2.75) is 39.2 Å². The summed E-state index contributed by atoms with van der Waals surface area (Å²) in [6.45, 7) is 7.27. The number of aromatic hydroxyl groups is 1. The van der Waals surface area contributed by atoms with Gasteiger partial charge in [0.15, 0.2) is 0 Å². The van der Waals surface area contributed by atoms with Crippen LogP contribution in [0, 0.1) is 12.8 Å². The molecule has 0 aliphatic carbocycles. The summed E-state index contributed by atoms with van der Waals surface area (Å²) in [6.07, 6.45) is 2.57. The first-order chi connectivity index (χ1) is 12.0. The van der Waals surface area contributed by atoms with Crippen LogP contribution in [0.25, 0.3) is 0 Å². The SMILES string of the molecule is CCN1CCC[C@@H]1CN1C[C@H](C(=O)Nc2ccc(C)c(O)c2)CC1=O. The average Bonchev–Trinajstić information content (AvgIpc) is 3.18. The molecule has 6 nitrogen and oxygen atoms in total. The molecule has 2 heterocycles. The van der Waals surface area contributed by atoms with Gasteiger partial charge in [-0.05, 0) is 44.5 Å². The highest BCUT2D eigenvalue weighted by Crippen LogP contribution is 2.25. The summed E-state index contributed by atoms with van der Waals surface area (Å²) >= 11 is 0. The fraction of sp³-hybridized carbons (Fsp3) is 0.579. The first-order valence-corrected chi connectivity index (χ1v) is 9.10. The van der Waals surface area contributed by atoms with Crippen molar-refractivity contribution in [3.05, 3.63) is 23.8 Å². The number of amides is 2. The molecule has 2 saturated heterocycles. The number of anilines is 1. The lowest BCUT2D eigenvalue weighted by Gasteiger charge is -2.27. The lowest BCUT2D eigenvalue weighted by molar-refractivity contribution is -0.128. The molecule has 1 aromatic rings. The summed E-state index contributed by atoms with van der Waals surface area (Å²) < 4.78 is 0. The van der Waals surface area contributed by atoms with E-state index < -0.39 is 0 Å². The van der Waals surface area contributed by atoms with Crippen LogP contribution in [0.15, 0.2) is 18.2 Å². The minimum Gasteiger partial charge on any atom is -0.508 e. The molecule has 2 aliphatic heterocycles. The molecule has 0 radical (unpaired) electrons. The summed E-state index contributed by atoms with van der Waals surface area (Å²) in [5.74, 6) is -0.261. The molecule has 25 heavy (non-hydrogen) atoms. The fourth-order valence-electron chi connectivity index (χ4n) is 3.83. The minimum atomic E-state index is -0.326. The van der Waals surface area contributed by atoms with Crippen molar-refractivity contribution in [2.75, 3.05) is 31.5 Å². The van der Waals surface area contributed by atoms with Gasteiger partial charge in [-0.2, -0.15) is 0 Å². The Kier molecular flexibility index (Phi) is 5.27. The Labute approximate surface area is 148 Å². The predicted octanol–water partition coefficient (Wildman–Crippen LogP) is 1.97. The van der Waals surface area contributed by atoms with E-state index in [9.17, 15) is 14.7 Å². The van der Waals surface area contributed by atoms with E-state index in [2.05, 4.69) is 17.1 Å². The van der Waals surface area contributed by atoms with E-state index in [1.165, 1.54) is 6.42 Å². The normalized spacial score (nSPS) is 24.1. The van der Waals surface area contributed by atoms with Crippen LogP contribution in [-0.4, -0.2) is 58.9 Å². The van der Waals surface area contributed by atoms with Crippen LogP contribution >= 0.6 is 0 Å². The number of benzene rings is 1. The third-order valence-electron chi connectivity index (χ3n) is 5.40. The topological polar surface area (TPSA) is 72.9 Å². The maximum atomic E-state index is 12.5. The van der Waals surface area contributed by atoms with Crippen LogP contribution in [0.2, 0.25) is 0 Å². The zero-order chi connectivity index (χ0) is 18.0. The van der Waals surface area contributed by atoms with Crippen molar-refractivity contribution in [1.29, 1.82) is 0 Å². The summed E-state index contributed by atoms with van der Waals surface area (Å²) in [5.41, 5.74) is 1.32. The molecular weight excluding hydrogens is 318 g/mol. The number of likely N-dealkylation sites (N-methyl/N-ethyl adjacent to an activating group) is 1. The fourth-order valence-corrected chi connectivity index (χ4v) is 3.83. The molecule has 0 aromatic heterocycles. The molecule has 2 atom stereocenters. The lowest BCUT2D eigenvalue weighted by Crippen LogP contribution is -2.41. The molecule has 3 rings (SSSR count). The second kappa shape index (κ2) is 7.44. The quantitative estimate of drug-likeness (QED) is 0.856. The number of aryl methyl sites for hydroxylation is 1. The molecule has 0 unspecified atom stereocenters. The summed E-state index contributed by atoms with van der Waals surface area (Å²) in [6, 6.07) is 5.49. The summed E-state index contributed by atoms with van der Waals surface area (Å²) in [5, 5.41) is 12.6. The first-order valence-electron chi connectivity index (χ1n) is 9.10. The zero-order valence-electron chi connectivity index (χ0n) is 15.0. The van der Waals surface area contributed by atoms with Gasteiger partial charge >= 0.3 is 0 Å². The molecule has 2 amide bonds. The van der Waals surface area contributed by atoms with Gasteiger partial charge in [-0.15, -0.1) is 0 Å². The molecule has 2 N–H and O–H groups in total. The predicted molar refractivity (Wildman–Crippen MR) is 96.4 cm³/mol. The molecule has 1 aromatic carbocycles. The van der Waals surface area contributed by atoms with Gasteiger partial charge in [-0.25, -0.2) is 0 Å². The maximum absolute atomic E-state index is 12.5. The Balaban J connectivity index is 1.57. The van der Waals surface area contributed by atoms with E-state index in [1.54, 1.807) is 25.1 Å². The van der Waals surface area contributed by atoms with E-state index >= 15 is 0 Å². The number of hydrogen-bond acceptors (Lipinski definition) is 4. The highest BCUT2D eigenvalue weighted by molar-refractivity contribution is 5.97. The Bertz CT molecular complexity index is 661. The van der Waals surface area contributed by atoms with Crippen LogP contribution in [0.5, 0.6) is 5.75 Å². The van der Waals surface area contributed by atoms with Gasteiger partial charge in [0, 0.05) is 37.3 Å². The number of nitrogens with zero attached hydrogens (tertiary/aromatic N) is 2. The summed E-state index contributed by atoms with van der Waals surface area (Å²) in [4.78, 5) is 29.0. The van der Waals surface area contributed by atoms with Gasteiger partial charge < -0.3 is 15.3 Å². The molecule has 2 fully saturated rings. The van der Waals surface area contributed by atoms with Crippen molar-refractivity contribution in [3.63, 3.8) is 0 Å². The standard InChI is InChI=1S/C19H27N3O3/c1-3-21-8-4-5-16(21)12-22-11-14(9-18(22)24)19(25)20-15-7-6-13(2)17(23)10-15/h6-7,10,14,16,23H,3-5,8-9,11-12H2,1-2H3,(H,20,25)/t14-,16-/m1/s1. The maximum Gasteiger partial charge on any atom is 0.229 e. The van der Waals surface area contributed by atoms with Gasteiger partial charge in [0.25, 0.3) is 0 Å². The smallest absolute Gasteiger partial charge is 0.229 e. The van der Waals surface area contributed by atoms with E-state index in [0.717, 1.165) is 31.6 Å². The Morgan fingerprint density at radius 2 is 2.20 bits per heavy atom. The van der Waals surface area contributed by atoms with E-state index in [-0.39, 0.29) is 29.9 Å². The number of nitrogens with one attached hydrogen (secondary N) is 1. The highest BCUT2D eigenvalue weighted by Gasteiger charge is 2.36. The monoisotopic (exact) mass is 345 g/mol. The average molecular weight is 345 g/mol. The van der Waals surface area contributed by atoms with Crippen LogP contribution in [-0.2, 0) is 9.59 Å². The van der Waals surface area contributed by atoms with Crippen molar-refractivity contribution in [2.24, 2.45) is 5.92 Å².